The molecule has 0 bridgehead atoms. The van der Waals surface area contributed by atoms with Gasteiger partial charge in [0, 0.05) is 0 Å². The van der Waals surface area contributed by atoms with Crippen molar-refractivity contribution in [2.24, 2.45) is 0 Å². The highest BCUT2D eigenvalue weighted by Gasteiger charge is 2.01. The summed E-state index contributed by atoms with van der Waals surface area (Å²) in [7, 11) is 0. The van der Waals surface area contributed by atoms with E-state index in [1.165, 1.54) is 16.2 Å². The molecule has 2 aromatic rings. The van der Waals surface area contributed by atoms with E-state index in [4.69, 9.17) is 11.8 Å². The lowest BCUT2D eigenvalue weighted by molar-refractivity contribution is 1.50. The predicted molar refractivity (Wildman–Crippen MR) is 72.6 cm³/mol. The second-order valence-electron chi connectivity index (χ2n) is 3.56. The fraction of sp³-hybridized carbons (Fsp3) is 0.0769. The van der Waals surface area contributed by atoms with Crippen molar-refractivity contribution < 1.29 is 0 Å². The summed E-state index contributed by atoms with van der Waals surface area (Å²) in [5.74, 6) is 0. The molecular formula is C13H13PS. The first-order valence-electron chi connectivity index (χ1n) is 4.94. The fourth-order valence-electron chi connectivity index (χ4n) is 1.54. The smallest absolute Gasteiger partial charge is 0.00159 e. The predicted octanol–water partition coefficient (Wildman–Crippen LogP) is 2.62. The van der Waals surface area contributed by atoms with Crippen molar-refractivity contribution in [3.05, 3.63) is 60.2 Å². The Morgan fingerprint density at radius 2 is 1.53 bits per heavy atom. The molecule has 0 aliphatic heterocycles. The summed E-state index contributed by atoms with van der Waals surface area (Å²) in [5, 5.41) is 2.60. The third-order valence-corrected chi connectivity index (χ3v) is 5.42. The quantitative estimate of drug-likeness (QED) is 0.717. The first-order chi connectivity index (χ1) is 7.27. The average molecular weight is 232 g/mol. The van der Waals surface area contributed by atoms with Crippen LogP contribution in [0.15, 0.2) is 54.6 Å². The summed E-state index contributed by atoms with van der Waals surface area (Å²) in [5.41, 5.74) is 1.29. The lowest BCUT2D eigenvalue weighted by Crippen LogP contribution is -2.05. The van der Waals surface area contributed by atoms with Gasteiger partial charge in [0.1, 0.15) is 0 Å². The van der Waals surface area contributed by atoms with Gasteiger partial charge in [-0.3, -0.25) is 0 Å². The van der Waals surface area contributed by atoms with Crippen LogP contribution in [0.3, 0.4) is 0 Å². The highest BCUT2D eigenvalue weighted by molar-refractivity contribution is 8.12. The topological polar surface area (TPSA) is 0 Å². The summed E-state index contributed by atoms with van der Waals surface area (Å²) in [6.45, 7) is 1.13. The van der Waals surface area contributed by atoms with Gasteiger partial charge in [0.25, 0.3) is 0 Å². The van der Waals surface area contributed by atoms with E-state index in [0.29, 0.717) is 0 Å². The Hall–Kier alpha value is -0.910. The van der Waals surface area contributed by atoms with Crippen LogP contribution in [0, 0.1) is 6.92 Å². The molecule has 15 heavy (non-hydrogen) atoms. The average Bonchev–Trinajstić information content (AvgIpc) is 2.29. The molecule has 0 nitrogen and oxygen atoms in total. The van der Waals surface area contributed by atoms with Crippen LogP contribution in [0.1, 0.15) is 5.56 Å². The molecule has 0 radical (unpaired) electrons. The van der Waals surface area contributed by atoms with Gasteiger partial charge in [-0.15, -0.1) is 0 Å². The molecule has 1 unspecified atom stereocenters. The Morgan fingerprint density at radius 3 is 2.20 bits per heavy atom. The van der Waals surface area contributed by atoms with Crippen LogP contribution in [0.25, 0.3) is 0 Å². The molecule has 0 N–H and O–H groups in total. The number of aryl methyl sites for hydroxylation is 1. The Bertz CT molecular complexity index is 477. The number of rotatable bonds is 2. The molecule has 0 heterocycles. The molecule has 2 aromatic carbocycles. The van der Waals surface area contributed by atoms with Gasteiger partial charge in [-0.05, 0) is 24.2 Å². The van der Waals surface area contributed by atoms with E-state index in [1.54, 1.807) is 0 Å². The minimum Gasteiger partial charge on any atom is -0.0910 e. The van der Waals surface area contributed by atoms with E-state index in [1.807, 2.05) is 6.07 Å². The summed E-state index contributed by atoms with van der Waals surface area (Å²) < 4.78 is 0. The van der Waals surface area contributed by atoms with Crippen LogP contribution < -0.4 is 10.6 Å². The second-order valence-corrected chi connectivity index (χ2v) is 6.60. The van der Waals surface area contributed by atoms with Gasteiger partial charge in [-0.25, -0.2) is 0 Å². The molecule has 0 spiro atoms. The Balaban J connectivity index is 2.37. The Labute approximate surface area is 96.4 Å². The highest BCUT2D eigenvalue weighted by atomic mass is 32.4. The number of hydrogen-bond donors (Lipinski definition) is 0. The molecule has 0 saturated heterocycles. The monoisotopic (exact) mass is 232 g/mol. The Kier molecular flexibility index (Phi) is 3.35. The van der Waals surface area contributed by atoms with Crippen molar-refractivity contribution >= 4 is 29.1 Å². The van der Waals surface area contributed by atoms with Crippen molar-refractivity contribution in [2.45, 2.75) is 6.92 Å². The zero-order valence-electron chi connectivity index (χ0n) is 8.60. The minimum atomic E-state index is -0.984. The lowest BCUT2D eigenvalue weighted by Gasteiger charge is -2.06. The van der Waals surface area contributed by atoms with E-state index in [2.05, 4.69) is 55.5 Å². The zero-order chi connectivity index (χ0) is 10.7. The molecule has 1 atom stereocenters. The molecule has 0 aromatic heterocycles. The standard InChI is InChI=1S/C13H13PS/c1-11-6-5-9-13(10-11)14(15)12-7-3-2-4-8-12/h2-10,14H,1H3. The molecule has 2 rings (SSSR count). The van der Waals surface area contributed by atoms with Gasteiger partial charge in [0.15, 0.2) is 0 Å². The summed E-state index contributed by atoms with van der Waals surface area (Å²) in [6.07, 6.45) is 0. The van der Waals surface area contributed by atoms with Crippen molar-refractivity contribution in [2.75, 3.05) is 0 Å². The third-order valence-electron chi connectivity index (χ3n) is 2.32. The molecule has 2 heteroatoms. The molecule has 0 amide bonds. The second kappa shape index (κ2) is 4.74. The third kappa shape index (κ3) is 2.56. The van der Waals surface area contributed by atoms with Crippen LogP contribution in [0.2, 0.25) is 0 Å². The minimum absolute atomic E-state index is 0.984. The van der Waals surface area contributed by atoms with Gasteiger partial charge in [-0.1, -0.05) is 72.0 Å². The van der Waals surface area contributed by atoms with Crippen LogP contribution >= 0.6 is 6.70 Å². The van der Waals surface area contributed by atoms with Crippen molar-refractivity contribution in [3.63, 3.8) is 0 Å². The summed E-state index contributed by atoms with van der Waals surface area (Å²) in [6, 6.07) is 18.9. The fourth-order valence-corrected chi connectivity index (χ4v) is 3.77. The van der Waals surface area contributed by atoms with Gasteiger partial charge in [0.05, 0.1) is 0 Å². The van der Waals surface area contributed by atoms with Crippen LogP contribution in [-0.4, -0.2) is 0 Å². The van der Waals surface area contributed by atoms with Crippen LogP contribution in [0.5, 0.6) is 0 Å². The van der Waals surface area contributed by atoms with E-state index in [0.717, 1.165) is 0 Å². The van der Waals surface area contributed by atoms with E-state index in [9.17, 15) is 0 Å². The molecule has 0 fully saturated rings. The maximum atomic E-state index is 5.63. The highest BCUT2D eigenvalue weighted by Crippen LogP contribution is 2.19. The van der Waals surface area contributed by atoms with Crippen molar-refractivity contribution in [1.82, 2.24) is 0 Å². The Morgan fingerprint density at radius 1 is 0.867 bits per heavy atom. The van der Waals surface area contributed by atoms with Crippen LogP contribution in [0.4, 0.5) is 0 Å². The van der Waals surface area contributed by atoms with Gasteiger partial charge >= 0.3 is 0 Å². The largest absolute Gasteiger partial charge is 0.0910 e. The molecule has 0 saturated carbocycles. The van der Waals surface area contributed by atoms with Gasteiger partial charge in [0.2, 0.25) is 0 Å². The first kappa shape index (κ1) is 10.6. The number of benzene rings is 2. The molecular weight excluding hydrogens is 219 g/mol. The van der Waals surface area contributed by atoms with Gasteiger partial charge in [-0.2, -0.15) is 0 Å². The molecule has 0 aliphatic carbocycles. The zero-order valence-corrected chi connectivity index (χ0v) is 10.4. The maximum absolute atomic E-state index is 5.63. The summed E-state index contributed by atoms with van der Waals surface area (Å²) >= 11 is 5.63. The summed E-state index contributed by atoms with van der Waals surface area (Å²) in [4.78, 5) is 0. The van der Waals surface area contributed by atoms with Crippen molar-refractivity contribution in [1.29, 1.82) is 0 Å². The maximum Gasteiger partial charge on any atom is -0.00159 e. The molecule has 76 valence electrons. The normalized spacial score (nSPS) is 12.3. The van der Waals surface area contributed by atoms with E-state index < -0.39 is 6.70 Å². The van der Waals surface area contributed by atoms with E-state index >= 15 is 0 Å². The molecule has 0 aliphatic rings. The SMILES string of the molecule is Cc1cccc([PH](=S)c2ccccc2)c1. The van der Waals surface area contributed by atoms with E-state index in [-0.39, 0.29) is 0 Å². The number of hydrogen-bond acceptors (Lipinski definition) is 1. The van der Waals surface area contributed by atoms with Crippen molar-refractivity contribution in [3.8, 4) is 0 Å². The van der Waals surface area contributed by atoms with Gasteiger partial charge < -0.3 is 0 Å². The van der Waals surface area contributed by atoms with Crippen LogP contribution in [-0.2, 0) is 11.8 Å². The first-order valence-corrected chi connectivity index (χ1v) is 7.57. The lowest BCUT2D eigenvalue weighted by atomic mass is 10.2.